The number of fused-ring (bicyclic) bond motifs is 6. The van der Waals surface area contributed by atoms with Gasteiger partial charge in [-0.1, -0.05) is 138 Å². The molecule has 2 aliphatic carbocycles. The summed E-state index contributed by atoms with van der Waals surface area (Å²) in [6.45, 7) is 17.5. The number of anilines is 6. The Morgan fingerprint density at radius 1 is 0.352 bits per heavy atom. The molecule has 7 aromatic carbocycles. The Hall–Kier alpha value is -6.38. The molecule has 0 radical (unpaired) electrons. The van der Waals surface area contributed by atoms with Crippen LogP contribution in [0.2, 0.25) is 0 Å². The Morgan fingerprint density at radius 2 is 0.704 bits per heavy atom. The fourth-order valence-corrected chi connectivity index (χ4v) is 8.89. The quantitative estimate of drug-likeness (QED) is 0.156. The van der Waals surface area contributed by atoms with Gasteiger partial charge in [0.2, 0.25) is 0 Å². The van der Waals surface area contributed by atoms with E-state index < -0.39 is 0 Å². The molecule has 2 aliphatic rings. The van der Waals surface area contributed by atoms with Crippen LogP contribution in [0.4, 0.5) is 34.1 Å². The highest BCUT2D eigenvalue weighted by molar-refractivity contribution is 5.88. The molecule has 0 fully saturated rings. The first kappa shape index (κ1) is 33.5. The minimum absolute atomic E-state index is 0.104. The summed E-state index contributed by atoms with van der Waals surface area (Å²) >= 11 is 0. The monoisotopic (exact) mass is 696 g/mol. The Kier molecular flexibility index (Phi) is 7.83. The summed E-state index contributed by atoms with van der Waals surface area (Å²) in [5.41, 5.74) is 19.3. The molecule has 0 unspecified atom stereocenters. The van der Waals surface area contributed by atoms with E-state index in [1.807, 2.05) is 12.2 Å². The zero-order valence-corrected chi connectivity index (χ0v) is 31.5. The van der Waals surface area contributed by atoms with Gasteiger partial charge in [-0.3, -0.25) is 0 Å². The predicted molar refractivity (Wildman–Crippen MR) is 231 cm³/mol. The molecule has 2 nitrogen and oxygen atoms in total. The van der Waals surface area contributed by atoms with Crippen LogP contribution in [0.3, 0.4) is 0 Å². The Balaban J connectivity index is 1.17. The summed E-state index contributed by atoms with van der Waals surface area (Å²) in [6.07, 6.45) is 3.83. The fourth-order valence-electron chi connectivity index (χ4n) is 8.89. The van der Waals surface area contributed by atoms with Gasteiger partial charge >= 0.3 is 0 Å². The molecular formula is C52H44N2. The standard InChI is InChI=1S/C52H44N2/c1-7-35-15-13-17-39(31-35)53(41-27-29-45-43-19-9-11-21-47(43)51(3,4)49(45)33-41)37-23-25-38(26-24-37)54(40-18-14-16-36(8-2)32-40)42-28-30-46-44-20-10-12-22-48(44)52(5,6)50(46)34-42/h7-34H,1-2H2,3-6H3. The zero-order valence-electron chi connectivity index (χ0n) is 31.5. The summed E-state index contributed by atoms with van der Waals surface area (Å²) in [6, 6.07) is 57.8. The second-order valence-electron chi connectivity index (χ2n) is 15.6. The molecule has 0 amide bonds. The van der Waals surface area contributed by atoms with Crippen LogP contribution in [-0.4, -0.2) is 0 Å². The number of hydrogen-bond acceptors (Lipinski definition) is 2. The predicted octanol–water partition coefficient (Wildman–Crippen LogP) is 14.5. The van der Waals surface area contributed by atoms with Crippen molar-refractivity contribution in [3.8, 4) is 22.3 Å². The maximum atomic E-state index is 4.08. The third-order valence-electron chi connectivity index (χ3n) is 11.7. The minimum Gasteiger partial charge on any atom is -0.310 e. The van der Waals surface area contributed by atoms with Gasteiger partial charge in [0, 0.05) is 45.0 Å². The van der Waals surface area contributed by atoms with Crippen LogP contribution >= 0.6 is 0 Å². The van der Waals surface area contributed by atoms with Gasteiger partial charge in [-0.05, 0) is 128 Å². The third-order valence-corrected chi connectivity index (χ3v) is 11.7. The van der Waals surface area contributed by atoms with Crippen molar-refractivity contribution in [3.63, 3.8) is 0 Å². The van der Waals surface area contributed by atoms with Crippen LogP contribution in [0.15, 0.2) is 171 Å². The van der Waals surface area contributed by atoms with Gasteiger partial charge < -0.3 is 9.80 Å². The Labute approximate surface area is 320 Å². The van der Waals surface area contributed by atoms with Gasteiger partial charge in [0.15, 0.2) is 0 Å². The lowest BCUT2D eigenvalue weighted by molar-refractivity contribution is 0.660. The molecule has 7 aromatic rings. The second kappa shape index (κ2) is 12.6. The average Bonchev–Trinajstić information content (AvgIpc) is 3.58. The highest BCUT2D eigenvalue weighted by atomic mass is 15.2. The third kappa shape index (κ3) is 5.24. The van der Waals surface area contributed by atoms with E-state index in [4.69, 9.17) is 0 Å². The SMILES string of the molecule is C=Cc1cccc(N(c2ccc(N(c3cccc(C=C)c3)c3ccc4c(c3)C(C)(C)c3ccccc3-4)cc2)c2ccc3c(c2)C(C)(C)c2ccccc2-3)c1. The van der Waals surface area contributed by atoms with Crippen LogP contribution in [0, 0.1) is 0 Å². The molecule has 0 saturated heterocycles. The van der Waals surface area contributed by atoms with Gasteiger partial charge in [-0.15, -0.1) is 0 Å². The van der Waals surface area contributed by atoms with Gasteiger partial charge in [-0.25, -0.2) is 0 Å². The zero-order chi connectivity index (χ0) is 37.2. The molecular weight excluding hydrogens is 653 g/mol. The van der Waals surface area contributed by atoms with E-state index in [0.29, 0.717) is 0 Å². The van der Waals surface area contributed by atoms with Crippen LogP contribution in [-0.2, 0) is 10.8 Å². The van der Waals surface area contributed by atoms with Crippen LogP contribution < -0.4 is 9.80 Å². The normalized spacial score (nSPS) is 14.0. The molecule has 2 heteroatoms. The lowest BCUT2D eigenvalue weighted by Gasteiger charge is -2.30. The molecule has 0 aromatic heterocycles. The van der Waals surface area contributed by atoms with Crippen molar-refractivity contribution in [2.24, 2.45) is 0 Å². The van der Waals surface area contributed by atoms with Gasteiger partial charge in [-0.2, -0.15) is 0 Å². The lowest BCUT2D eigenvalue weighted by atomic mass is 9.82. The van der Waals surface area contributed by atoms with E-state index >= 15 is 0 Å². The highest BCUT2D eigenvalue weighted by Crippen LogP contribution is 2.52. The maximum Gasteiger partial charge on any atom is 0.0467 e. The second-order valence-corrected chi connectivity index (χ2v) is 15.6. The molecule has 9 rings (SSSR count). The summed E-state index contributed by atoms with van der Waals surface area (Å²) in [4.78, 5) is 4.74. The van der Waals surface area contributed by atoms with Crippen LogP contribution in [0.1, 0.15) is 61.1 Å². The smallest absolute Gasteiger partial charge is 0.0467 e. The van der Waals surface area contributed by atoms with E-state index in [-0.39, 0.29) is 10.8 Å². The number of nitrogens with zero attached hydrogens (tertiary/aromatic N) is 2. The average molecular weight is 697 g/mol. The first-order valence-electron chi connectivity index (χ1n) is 18.8. The molecule has 54 heavy (non-hydrogen) atoms. The maximum absolute atomic E-state index is 4.08. The van der Waals surface area contributed by atoms with Crippen molar-refractivity contribution in [2.45, 2.75) is 38.5 Å². The Morgan fingerprint density at radius 3 is 1.11 bits per heavy atom. The molecule has 262 valence electrons. The van der Waals surface area contributed by atoms with Crippen molar-refractivity contribution in [2.75, 3.05) is 9.80 Å². The van der Waals surface area contributed by atoms with E-state index in [1.165, 1.54) is 44.5 Å². The summed E-state index contributed by atoms with van der Waals surface area (Å²) < 4.78 is 0. The first-order chi connectivity index (χ1) is 26.2. The summed E-state index contributed by atoms with van der Waals surface area (Å²) in [7, 11) is 0. The first-order valence-corrected chi connectivity index (χ1v) is 18.8. The molecule has 0 N–H and O–H groups in total. The van der Waals surface area contributed by atoms with E-state index in [1.54, 1.807) is 0 Å². The van der Waals surface area contributed by atoms with Crippen molar-refractivity contribution in [1.82, 2.24) is 0 Å². The van der Waals surface area contributed by atoms with Crippen LogP contribution in [0.25, 0.3) is 34.4 Å². The van der Waals surface area contributed by atoms with Gasteiger partial charge in [0.05, 0.1) is 0 Å². The molecule has 0 spiro atoms. The van der Waals surface area contributed by atoms with Gasteiger partial charge in [0.25, 0.3) is 0 Å². The van der Waals surface area contributed by atoms with Crippen molar-refractivity contribution in [1.29, 1.82) is 0 Å². The molecule has 0 aliphatic heterocycles. The Bertz CT molecular complexity index is 2420. The van der Waals surface area contributed by atoms with E-state index in [0.717, 1.165) is 45.3 Å². The van der Waals surface area contributed by atoms with Gasteiger partial charge in [0.1, 0.15) is 0 Å². The molecule has 0 saturated carbocycles. The molecule has 0 atom stereocenters. The number of hydrogen-bond donors (Lipinski definition) is 0. The molecule has 0 bridgehead atoms. The summed E-state index contributed by atoms with van der Waals surface area (Å²) in [5.74, 6) is 0. The van der Waals surface area contributed by atoms with Crippen LogP contribution in [0.5, 0.6) is 0 Å². The van der Waals surface area contributed by atoms with E-state index in [9.17, 15) is 0 Å². The lowest BCUT2D eigenvalue weighted by Crippen LogP contribution is -2.17. The van der Waals surface area contributed by atoms with Crippen molar-refractivity contribution in [3.05, 3.63) is 204 Å². The largest absolute Gasteiger partial charge is 0.310 e. The number of benzene rings is 7. The minimum atomic E-state index is -0.104. The van der Waals surface area contributed by atoms with Crippen molar-refractivity contribution < 1.29 is 0 Å². The molecule has 0 heterocycles. The summed E-state index contributed by atoms with van der Waals surface area (Å²) in [5, 5.41) is 0. The highest BCUT2D eigenvalue weighted by Gasteiger charge is 2.37. The number of rotatable bonds is 8. The van der Waals surface area contributed by atoms with Crippen molar-refractivity contribution >= 4 is 46.3 Å². The van der Waals surface area contributed by atoms with E-state index in [2.05, 4.69) is 208 Å². The topological polar surface area (TPSA) is 6.48 Å². The fraction of sp³-hybridized carbons (Fsp3) is 0.115.